The molecule has 0 aromatic carbocycles. The first-order valence-corrected chi connectivity index (χ1v) is 12.6. The highest BCUT2D eigenvalue weighted by atomic mass is 19.4. The lowest BCUT2D eigenvalue weighted by Crippen LogP contribution is -2.52. The van der Waals surface area contributed by atoms with E-state index in [0.717, 1.165) is 12.1 Å². The number of pyridine rings is 1. The number of amidine groups is 1. The van der Waals surface area contributed by atoms with E-state index in [1.165, 1.54) is 0 Å². The summed E-state index contributed by atoms with van der Waals surface area (Å²) < 4.78 is 44.9. The first kappa shape index (κ1) is 26.7. The van der Waals surface area contributed by atoms with Crippen LogP contribution in [-0.2, 0) is 10.3 Å². The van der Waals surface area contributed by atoms with Gasteiger partial charge in [-0.2, -0.15) is 13.2 Å². The highest BCUT2D eigenvalue weighted by Gasteiger charge is 2.35. The van der Waals surface area contributed by atoms with Crippen LogP contribution in [0.1, 0.15) is 57.7 Å². The number of rotatable bonds is 3. The highest BCUT2D eigenvalue weighted by Crippen LogP contribution is 2.31. The largest absolute Gasteiger partial charge is 0.475 e. The highest BCUT2D eigenvalue weighted by molar-refractivity contribution is 6.40. The second-order valence-electron chi connectivity index (χ2n) is 9.71. The van der Waals surface area contributed by atoms with Crippen LogP contribution in [0.3, 0.4) is 0 Å². The molecule has 2 amide bonds. The van der Waals surface area contributed by atoms with Crippen LogP contribution in [0.15, 0.2) is 46.7 Å². The van der Waals surface area contributed by atoms with Crippen LogP contribution in [0.25, 0.3) is 5.70 Å². The molecule has 0 radical (unpaired) electrons. The molecule has 4 heterocycles. The Hall–Kier alpha value is -3.37. The van der Waals surface area contributed by atoms with Crippen LogP contribution >= 0.6 is 0 Å². The molecule has 3 aliphatic heterocycles. The van der Waals surface area contributed by atoms with Gasteiger partial charge in [0, 0.05) is 43.5 Å². The molecule has 0 saturated heterocycles. The summed E-state index contributed by atoms with van der Waals surface area (Å²) in [6.45, 7) is 7.65. The molecule has 8 nitrogen and oxygen atoms in total. The van der Waals surface area contributed by atoms with Gasteiger partial charge in [-0.1, -0.05) is 12.2 Å². The minimum absolute atomic E-state index is 0.206. The molecular formula is C26H33F3N6O2. The van der Waals surface area contributed by atoms with Gasteiger partial charge in [-0.05, 0) is 52.2 Å². The minimum atomic E-state index is -4.30. The maximum Gasteiger partial charge on any atom is 0.389 e. The monoisotopic (exact) mass is 518 g/mol. The number of ether oxygens (including phenoxy) is 1. The lowest BCUT2D eigenvalue weighted by Gasteiger charge is -2.38. The normalized spacial score (nSPS) is 23.1. The Balaban J connectivity index is 1.69. The zero-order valence-corrected chi connectivity index (χ0v) is 21.4. The van der Waals surface area contributed by atoms with E-state index >= 15 is 0 Å². The molecule has 1 N–H and O–H groups in total. The molecule has 0 fully saturated rings. The minimum Gasteiger partial charge on any atom is -0.475 e. The number of aliphatic imine (C=N–C) groups is 2. The van der Waals surface area contributed by atoms with Gasteiger partial charge in [0.25, 0.3) is 5.90 Å². The molecule has 0 spiro atoms. The number of nitrogens with zero attached hydrogens (tertiary/aromatic N) is 5. The molecule has 4 rings (SSSR count). The third-order valence-electron chi connectivity index (χ3n) is 6.70. The van der Waals surface area contributed by atoms with Gasteiger partial charge in [-0.25, -0.2) is 9.79 Å². The molecule has 0 saturated carbocycles. The Morgan fingerprint density at radius 3 is 2.84 bits per heavy atom. The first-order valence-electron chi connectivity index (χ1n) is 12.6. The number of carbonyl (C=O) groups is 1. The van der Waals surface area contributed by atoms with Crippen LogP contribution in [0, 0.1) is 0 Å². The van der Waals surface area contributed by atoms with Crippen molar-refractivity contribution in [2.45, 2.75) is 64.2 Å². The van der Waals surface area contributed by atoms with E-state index in [4.69, 9.17) is 9.73 Å². The number of urea groups is 1. The zero-order valence-electron chi connectivity index (χ0n) is 21.4. The predicted octanol–water partition coefficient (Wildman–Crippen LogP) is 4.85. The molecule has 200 valence electrons. The van der Waals surface area contributed by atoms with E-state index in [-0.39, 0.29) is 12.8 Å². The van der Waals surface area contributed by atoms with Crippen LogP contribution in [0.4, 0.5) is 18.0 Å². The fraction of sp³-hybridized carbons (Fsp3) is 0.538. The van der Waals surface area contributed by atoms with Crippen molar-refractivity contribution in [1.29, 1.82) is 0 Å². The number of aromatic nitrogens is 1. The van der Waals surface area contributed by atoms with E-state index in [9.17, 15) is 18.0 Å². The van der Waals surface area contributed by atoms with E-state index < -0.39 is 30.2 Å². The van der Waals surface area contributed by atoms with Crippen molar-refractivity contribution < 1.29 is 22.7 Å². The Morgan fingerprint density at radius 1 is 1.27 bits per heavy atom. The summed E-state index contributed by atoms with van der Waals surface area (Å²) in [6, 6.07) is 2.65. The van der Waals surface area contributed by atoms with Gasteiger partial charge in [0.15, 0.2) is 5.84 Å². The Morgan fingerprint density at radius 2 is 2.08 bits per heavy atom. The number of alkyl halides is 3. The lowest BCUT2D eigenvalue weighted by atomic mass is 9.95. The Kier molecular flexibility index (Phi) is 7.89. The molecule has 1 atom stereocenters. The SMILES string of the molecule is CCN1C(=O)NC(CCC(F)(F)F)C/C=C/CCOC2=NC(=CN3CCN=C23)c2ccnc(c2)C1(C)C. The van der Waals surface area contributed by atoms with Gasteiger partial charge in [0.2, 0.25) is 0 Å². The number of amides is 2. The molecular weight excluding hydrogens is 485 g/mol. The van der Waals surface area contributed by atoms with Crippen LogP contribution in [-0.4, -0.2) is 71.0 Å². The molecule has 1 unspecified atom stereocenters. The van der Waals surface area contributed by atoms with E-state index in [1.54, 1.807) is 17.2 Å². The fourth-order valence-electron chi connectivity index (χ4n) is 4.65. The summed E-state index contributed by atoms with van der Waals surface area (Å²) in [7, 11) is 0. The van der Waals surface area contributed by atoms with Crippen molar-refractivity contribution in [1.82, 2.24) is 20.1 Å². The zero-order chi connectivity index (χ0) is 26.6. The fourth-order valence-corrected chi connectivity index (χ4v) is 4.65. The number of carbonyl (C=O) groups excluding carboxylic acids is 1. The van der Waals surface area contributed by atoms with E-state index in [0.29, 0.717) is 49.2 Å². The van der Waals surface area contributed by atoms with E-state index in [1.807, 2.05) is 50.1 Å². The predicted molar refractivity (Wildman–Crippen MR) is 136 cm³/mol. The number of halogens is 3. The van der Waals surface area contributed by atoms with Crippen LogP contribution in [0.5, 0.6) is 0 Å². The van der Waals surface area contributed by atoms with Crippen molar-refractivity contribution >= 4 is 23.5 Å². The van der Waals surface area contributed by atoms with Gasteiger partial charge in [-0.3, -0.25) is 9.98 Å². The molecule has 37 heavy (non-hydrogen) atoms. The van der Waals surface area contributed by atoms with Crippen molar-refractivity contribution in [2.24, 2.45) is 9.98 Å². The second kappa shape index (κ2) is 10.9. The van der Waals surface area contributed by atoms with Crippen molar-refractivity contribution in [3.05, 3.63) is 47.9 Å². The number of nitrogens with one attached hydrogen (secondary N) is 1. The quantitative estimate of drug-likeness (QED) is 0.580. The van der Waals surface area contributed by atoms with Crippen molar-refractivity contribution in [2.75, 3.05) is 26.2 Å². The standard InChI is InChI=1S/C26H33F3N6O2/c1-4-35-24(36)32-19(9-11-26(27,28)29)8-6-5-7-15-37-23-22-31-13-14-34(22)17-20(33-23)18-10-12-30-21(16-18)25(35,2)3/h5-6,10,12,16-17,19H,4,7-9,11,13-15H2,1-3H3,(H,32,36)/b6-5+. The average molecular weight is 519 g/mol. The second-order valence-corrected chi connectivity index (χ2v) is 9.71. The summed E-state index contributed by atoms with van der Waals surface area (Å²) in [5.74, 6) is 1.14. The van der Waals surface area contributed by atoms with Gasteiger partial charge in [0.05, 0.1) is 30.1 Å². The summed E-state index contributed by atoms with van der Waals surface area (Å²) in [4.78, 5) is 30.8. The molecule has 3 aliphatic rings. The summed E-state index contributed by atoms with van der Waals surface area (Å²) in [6.07, 6.45) is 2.61. The first-order chi connectivity index (χ1) is 17.6. The maximum atomic E-state index is 13.3. The van der Waals surface area contributed by atoms with Crippen molar-refractivity contribution in [3.63, 3.8) is 0 Å². The smallest absolute Gasteiger partial charge is 0.389 e. The third kappa shape index (κ3) is 6.31. The van der Waals surface area contributed by atoms with Gasteiger partial charge in [0.1, 0.15) is 0 Å². The van der Waals surface area contributed by atoms with Gasteiger partial charge < -0.3 is 19.9 Å². The topological polar surface area (TPSA) is 82.4 Å². The lowest BCUT2D eigenvalue weighted by molar-refractivity contribution is -0.136. The van der Waals surface area contributed by atoms with Crippen LogP contribution in [0.2, 0.25) is 0 Å². The van der Waals surface area contributed by atoms with Gasteiger partial charge >= 0.3 is 12.2 Å². The number of hydrogen-bond acceptors (Lipinski definition) is 6. The van der Waals surface area contributed by atoms with Crippen LogP contribution < -0.4 is 5.32 Å². The third-order valence-corrected chi connectivity index (χ3v) is 6.70. The van der Waals surface area contributed by atoms with Gasteiger partial charge in [-0.15, -0.1) is 0 Å². The summed E-state index contributed by atoms with van der Waals surface area (Å²) in [5.41, 5.74) is 1.31. The molecule has 0 aliphatic carbocycles. The molecule has 1 aromatic rings. The molecule has 1 aromatic heterocycles. The number of fused-ring (bicyclic) bond motifs is 6. The Bertz CT molecular complexity index is 1130. The van der Waals surface area contributed by atoms with E-state index in [2.05, 4.69) is 15.3 Å². The number of hydrogen-bond donors (Lipinski definition) is 1. The molecule has 4 bridgehead atoms. The average Bonchev–Trinajstić information content (AvgIpc) is 3.32. The maximum absolute atomic E-state index is 13.3. The summed E-state index contributed by atoms with van der Waals surface area (Å²) in [5, 5.41) is 2.83. The molecule has 11 heteroatoms. The van der Waals surface area contributed by atoms with Crippen molar-refractivity contribution in [3.8, 4) is 0 Å². The summed E-state index contributed by atoms with van der Waals surface area (Å²) >= 11 is 0. The Labute approximate surface area is 215 Å².